The first-order valence-electron chi connectivity index (χ1n) is 5.68. The van der Waals surface area contributed by atoms with Crippen molar-refractivity contribution in [2.45, 2.75) is 9.92 Å². The van der Waals surface area contributed by atoms with Gasteiger partial charge in [-0.2, -0.15) is 0 Å². The third kappa shape index (κ3) is 2.67. The van der Waals surface area contributed by atoms with E-state index < -0.39 is 0 Å². The monoisotopic (exact) mass is 339 g/mol. The predicted molar refractivity (Wildman–Crippen MR) is 83.0 cm³/mol. The number of aromatic nitrogens is 4. The van der Waals surface area contributed by atoms with E-state index >= 15 is 0 Å². The van der Waals surface area contributed by atoms with Gasteiger partial charge in [0.15, 0.2) is 5.82 Å². The lowest BCUT2D eigenvalue weighted by molar-refractivity contribution is 1.07. The van der Waals surface area contributed by atoms with E-state index in [0.29, 0.717) is 25.8 Å². The molecule has 3 rings (SSSR count). The number of fused-ring (bicyclic) bond motifs is 1. The molecule has 0 saturated heterocycles. The summed E-state index contributed by atoms with van der Waals surface area (Å²) < 4.78 is 0. The molecule has 3 aromatic rings. The Kier molecular flexibility index (Phi) is 3.71. The van der Waals surface area contributed by atoms with Gasteiger partial charge in [0, 0.05) is 4.90 Å². The number of nitrogens with zero attached hydrogens (tertiary/aromatic N) is 3. The van der Waals surface area contributed by atoms with Gasteiger partial charge in [-0.15, -0.1) is 0 Å². The number of halogens is 2. The molecule has 0 spiro atoms. The number of hydrogen-bond acceptors (Lipinski definition) is 6. The summed E-state index contributed by atoms with van der Waals surface area (Å²) in [5.41, 5.74) is 5.97. The van der Waals surface area contributed by atoms with E-state index in [1.54, 1.807) is 12.1 Å². The standard InChI is InChI=1S/C12H7Cl2N5OS/c13-7-3-16-12(10(15)19-7)21-6-2-1-5-8(9(6)14)11(20)18-4-17-5/h1-4H,(H2,15,19)(H,17,18,20). The largest absolute Gasteiger partial charge is 0.381 e. The molecule has 3 N–H and O–H groups in total. The van der Waals surface area contributed by atoms with E-state index in [9.17, 15) is 4.79 Å². The third-order valence-corrected chi connectivity index (χ3v) is 4.41. The van der Waals surface area contributed by atoms with Crippen LogP contribution in [0.2, 0.25) is 10.2 Å². The van der Waals surface area contributed by atoms with Crippen molar-refractivity contribution in [3.8, 4) is 0 Å². The van der Waals surface area contributed by atoms with Gasteiger partial charge < -0.3 is 10.7 Å². The highest BCUT2D eigenvalue weighted by molar-refractivity contribution is 7.99. The fraction of sp³-hybridized carbons (Fsp3) is 0. The Morgan fingerprint density at radius 1 is 1.24 bits per heavy atom. The number of hydrogen-bond donors (Lipinski definition) is 2. The molecule has 1 aromatic carbocycles. The zero-order valence-corrected chi connectivity index (χ0v) is 12.6. The summed E-state index contributed by atoms with van der Waals surface area (Å²) in [5.74, 6) is 0.198. The van der Waals surface area contributed by atoms with Gasteiger partial charge >= 0.3 is 0 Å². The van der Waals surface area contributed by atoms with Gasteiger partial charge in [-0.05, 0) is 12.1 Å². The number of nitrogens with two attached hydrogens (primary N) is 1. The maximum atomic E-state index is 11.9. The van der Waals surface area contributed by atoms with Gasteiger partial charge in [-0.3, -0.25) is 4.79 Å². The van der Waals surface area contributed by atoms with Gasteiger partial charge in [0.25, 0.3) is 5.56 Å². The minimum atomic E-state index is -0.303. The Labute approximate surface area is 132 Å². The molecule has 21 heavy (non-hydrogen) atoms. The van der Waals surface area contributed by atoms with E-state index in [1.165, 1.54) is 24.3 Å². The number of nitrogens with one attached hydrogen (secondary N) is 1. The molecule has 0 bridgehead atoms. The Hall–Kier alpha value is -1.83. The number of nitrogen functional groups attached to an aromatic ring is 1. The fourth-order valence-electron chi connectivity index (χ4n) is 1.73. The van der Waals surface area contributed by atoms with Gasteiger partial charge in [-0.1, -0.05) is 35.0 Å². The summed E-state index contributed by atoms with van der Waals surface area (Å²) in [5, 5.41) is 1.29. The first kappa shape index (κ1) is 14.1. The predicted octanol–water partition coefficient (Wildman–Crippen LogP) is 2.75. The number of H-pyrrole nitrogens is 1. The smallest absolute Gasteiger partial charge is 0.260 e. The summed E-state index contributed by atoms with van der Waals surface area (Å²) in [6.07, 6.45) is 2.72. The quantitative estimate of drug-likeness (QED) is 0.744. The summed E-state index contributed by atoms with van der Waals surface area (Å²) in [6, 6.07) is 3.45. The Morgan fingerprint density at radius 2 is 2.05 bits per heavy atom. The molecule has 0 amide bonds. The highest BCUT2D eigenvalue weighted by atomic mass is 35.5. The van der Waals surface area contributed by atoms with Gasteiger partial charge in [0.05, 0.1) is 28.4 Å². The van der Waals surface area contributed by atoms with Crippen LogP contribution in [0.1, 0.15) is 0 Å². The van der Waals surface area contributed by atoms with Crippen LogP contribution in [0, 0.1) is 0 Å². The second-order valence-electron chi connectivity index (χ2n) is 3.99. The van der Waals surface area contributed by atoms with E-state index in [2.05, 4.69) is 19.9 Å². The summed E-state index contributed by atoms with van der Waals surface area (Å²) >= 11 is 13.2. The van der Waals surface area contributed by atoms with Crippen LogP contribution in [0.3, 0.4) is 0 Å². The summed E-state index contributed by atoms with van der Waals surface area (Å²) in [4.78, 5) is 27.1. The number of aromatic amines is 1. The molecule has 9 heteroatoms. The zero-order valence-electron chi connectivity index (χ0n) is 10.3. The molecular weight excluding hydrogens is 333 g/mol. The lowest BCUT2D eigenvalue weighted by Gasteiger charge is -2.07. The Bertz CT molecular complexity index is 898. The third-order valence-electron chi connectivity index (χ3n) is 2.65. The number of rotatable bonds is 2. The average molecular weight is 340 g/mol. The Balaban J connectivity index is 2.11. The van der Waals surface area contributed by atoms with Crippen LogP contribution in [0.5, 0.6) is 0 Å². The summed E-state index contributed by atoms with van der Waals surface area (Å²) in [7, 11) is 0. The van der Waals surface area contributed by atoms with E-state index in [1.807, 2.05) is 0 Å². The van der Waals surface area contributed by atoms with Crippen molar-refractivity contribution < 1.29 is 0 Å². The highest BCUT2D eigenvalue weighted by Gasteiger charge is 2.13. The molecule has 2 aromatic heterocycles. The molecular formula is C12H7Cl2N5OS. The molecule has 0 aliphatic rings. The van der Waals surface area contributed by atoms with Crippen molar-refractivity contribution >= 4 is 51.7 Å². The maximum Gasteiger partial charge on any atom is 0.260 e. The van der Waals surface area contributed by atoms with Crippen LogP contribution in [0.4, 0.5) is 5.82 Å². The van der Waals surface area contributed by atoms with Crippen LogP contribution in [0.25, 0.3) is 10.9 Å². The molecule has 0 aliphatic heterocycles. The molecule has 0 saturated carbocycles. The van der Waals surface area contributed by atoms with Gasteiger partial charge in [0.1, 0.15) is 10.2 Å². The molecule has 0 atom stereocenters. The van der Waals surface area contributed by atoms with E-state index in [0.717, 1.165) is 0 Å². The second kappa shape index (κ2) is 5.51. The lowest BCUT2D eigenvalue weighted by Crippen LogP contribution is -2.07. The molecule has 0 unspecified atom stereocenters. The van der Waals surface area contributed by atoms with E-state index in [4.69, 9.17) is 28.9 Å². The highest BCUT2D eigenvalue weighted by Crippen LogP contribution is 2.37. The van der Waals surface area contributed by atoms with Crippen molar-refractivity contribution in [3.05, 3.63) is 45.2 Å². The minimum Gasteiger partial charge on any atom is -0.381 e. The van der Waals surface area contributed by atoms with Gasteiger partial charge in [0.2, 0.25) is 0 Å². The molecule has 106 valence electrons. The number of anilines is 1. The molecule has 0 radical (unpaired) electrons. The molecule has 2 heterocycles. The normalized spacial score (nSPS) is 11.0. The fourth-order valence-corrected chi connectivity index (χ4v) is 3.03. The van der Waals surface area contributed by atoms with Crippen LogP contribution in [-0.4, -0.2) is 19.9 Å². The van der Waals surface area contributed by atoms with Gasteiger partial charge in [-0.25, -0.2) is 15.0 Å². The van der Waals surface area contributed by atoms with Crippen molar-refractivity contribution in [1.82, 2.24) is 19.9 Å². The molecule has 6 nitrogen and oxygen atoms in total. The molecule has 0 fully saturated rings. The van der Waals surface area contributed by atoms with Crippen LogP contribution < -0.4 is 11.3 Å². The van der Waals surface area contributed by atoms with E-state index in [-0.39, 0.29) is 16.5 Å². The second-order valence-corrected chi connectivity index (χ2v) is 5.78. The first-order chi connectivity index (χ1) is 10.1. The molecule has 0 aliphatic carbocycles. The van der Waals surface area contributed by atoms with Crippen LogP contribution in [0.15, 0.2) is 39.4 Å². The zero-order chi connectivity index (χ0) is 15.0. The van der Waals surface area contributed by atoms with Crippen LogP contribution >= 0.6 is 35.0 Å². The first-order valence-corrected chi connectivity index (χ1v) is 7.25. The maximum absolute atomic E-state index is 11.9. The van der Waals surface area contributed by atoms with Crippen molar-refractivity contribution in [3.63, 3.8) is 0 Å². The topological polar surface area (TPSA) is 97.5 Å². The Morgan fingerprint density at radius 3 is 2.81 bits per heavy atom. The SMILES string of the molecule is Nc1nc(Cl)cnc1Sc1ccc2nc[nH]c(=O)c2c1Cl. The van der Waals surface area contributed by atoms with Crippen molar-refractivity contribution in [2.75, 3.05) is 5.73 Å². The van der Waals surface area contributed by atoms with Crippen molar-refractivity contribution in [1.29, 1.82) is 0 Å². The average Bonchev–Trinajstić information content (AvgIpc) is 2.44. The van der Waals surface area contributed by atoms with Crippen LogP contribution in [-0.2, 0) is 0 Å². The minimum absolute atomic E-state index is 0.198. The summed E-state index contributed by atoms with van der Waals surface area (Å²) in [6.45, 7) is 0. The lowest BCUT2D eigenvalue weighted by atomic mass is 10.2. The number of benzene rings is 1. The van der Waals surface area contributed by atoms with Crippen molar-refractivity contribution in [2.24, 2.45) is 0 Å².